The number of halogens is 1. The molecule has 0 saturated carbocycles. The molecule has 0 aliphatic carbocycles. The van der Waals surface area contributed by atoms with Crippen molar-refractivity contribution in [2.75, 3.05) is 13.1 Å². The van der Waals surface area contributed by atoms with Gasteiger partial charge in [0.25, 0.3) is 5.91 Å². The molecule has 1 amide bonds. The number of rotatable bonds is 7. The van der Waals surface area contributed by atoms with Gasteiger partial charge in [-0.05, 0) is 79.2 Å². The number of hydrogen-bond acceptors (Lipinski definition) is 3. The summed E-state index contributed by atoms with van der Waals surface area (Å²) in [6, 6.07) is 25.9. The van der Waals surface area contributed by atoms with E-state index in [-0.39, 0.29) is 5.91 Å². The normalized spacial score (nSPS) is 15.2. The molecule has 0 radical (unpaired) electrons. The van der Waals surface area contributed by atoms with Crippen molar-refractivity contribution in [2.24, 2.45) is 11.0 Å². The topological polar surface area (TPSA) is 44.7 Å². The van der Waals surface area contributed by atoms with E-state index in [2.05, 4.69) is 45.8 Å². The van der Waals surface area contributed by atoms with Crippen LogP contribution in [-0.2, 0) is 13.0 Å². The zero-order valence-electron chi connectivity index (χ0n) is 18.1. The molecule has 1 saturated heterocycles. The predicted molar refractivity (Wildman–Crippen MR) is 131 cm³/mol. The summed E-state index contributed by atoms with van der Waals surface area (Å²) >= 11 is 5.87. The minimum atomic E-state index is -0.219. The van der Waals surface area contributed by atoms with Crippen molar-refractivity contribution in [3.05, 3.63) is 106 Å². The molecule has 4 rings (SSSR count). The fourth-order valence-electron chi connectivity index (χ4n) is 4.09. The van der Waals surface area contributed by atoms with Gasteiger partial charge < -0.3 is 0 Å². The summed E-state index contributed by atoms with van der Waals surface area (Å²) in [5.74, 6) is 0.552. The van der Waals surface area contributed by atoms with Gasteiger partial charge in [0.15, 0.2) is 0 Å². The molecule has 1 aliphatic heterocycles. The molecular formula is C27H28ClN3O. The molecule has 3 aromatic carbocycles. The molecule has 1 aliphatic rings. The van der Waals surface area contributed by atoms with Gasteiger partial charge in [0, 0.05) is 17.1 Å². The first-order chi connectivity index (χ1) is 15.7. The first kappa shape index (κ1) is 22.3. The molecule has 5 heteroatoms. The Balaban J connectivity index is 1.22. The number of carbonyl (C=O) groups is 1. The van der Waals surface area contributed by atoms with Crippen LogP contribution in [0.2, 0.25) is 5.02 Å². The number of amides is 1. The Kier molecular flexibility index (Phi) is 7.70. The summed E-state index contributed by atoms with van der Waals surface area (Å²) in [6.45, 7) is 3.17. The van der Waals surface area contributed by atoms with Crippen molar-refractivity contribution in [2.45, 2.75) is 25.8 Å². The summed E-state index contributed by atoms with van der Waals surface area (Å²) in [5, 5.41) is 4.69. The third kappa shape index (κ3) is 6.52. The van der Waals surface area contributed by atoms with Crippen molar-refractivity contribution in [3.8, 4) is 0 Å². The minimum Gasteiger partial charge on any atom is -0.299 e. The summed E-state index contributed by atoms with van der Waals surface area (Å²) in [4.78, 5) is 14.8. The molecule has 0 unspecified atom stereocenters. The van der Waals surface area contributed by atoms with Crippen LogP contribution in [0.15, 0.2) is 84.0 Å². The van der Waals surface area contributed by atoms with Crippen molar-refractivity contribution in [1.82, 2.24) is 10.3 Å². The van der Waals surface area contributed by atoms with Gasteiger partial charge in [-0.3, -0.25) is 9.69 Å². The van der Waals surface area contributed by atoms with Gasteiger partial charge >= 0.3 is 0 Å². The van der Waals surface area contributed by atoms with Crippen LogP contribution in [0.5, 0.6) is 0 Å². The van der Waals surface area contributed by atoms with Crippen LogP contribution in [0.3, 0.4) is 0 Å². The second-order valence-corrected chi connectivity index (χ2v) is 8.79. The van der Waals surface area contributed by atoms with Crippen LogP contribution in [0.4, 0.5) is 0 Å². The van der Waals surface area contributed by atoms with Crippen molar-refractivity contribution in [3.63, 3.8) is 0 Å². The molecule has 0 aromatic heterocycles. The highest BCUT2D eigenvalue weighted by Gasteiger charge is 2.19. The Morgan fingerprint density at radius 2 is 1.62 bits per heavy atom. The number of piperidine rings is 1. The fraction of sp³-hybridized carbons (Fsp3) is 0.259. The van der Waals surface area contributed by atoms with Gasteiger partial charge in [0.1, 0.15) is 0 Å². The smallest absolute Gasteiger partial charge is 0.271 e. The molecule has 0 spiro atoms. The van der Waals surface area contributed by atoms with E-state index in [0.717, 1.165) is 31.1 Å². The maximum Gasteiger partial charge on any atom is 0.271 e. The lowest BCUT2D eigenvalue weighted by Crippen LogP contribution is -2.33. The zero-order chi connectivity index (χ0) is 22.2. The van der Waals surface area contributed by atoms with Gasteiger partial charge in [0.2, 0.25) is 0 Å². The third-order valence-electron chi connectivity index (χ3n) is 5.95. The van der Waals surface area contributed by atoms with E-state index in [9.17, 15) is 4.79 Å². The van der Waals surface area contributed by atoms with Crippen LogP contribution in [0, 0.1) is 5.92 Å². The van der Waals surface area contributed by atoms with E-state index in [1.807, 2.05) is 36.4 Å². The molecular weight excluding hydrogens is 418 g/mol. The number of likely N-dealkylation sites (tertiary alicyclic amines) is 1. The number of nitrogens with one attached hydrogen (secondary N) is 1. The monoisotopic (exact) mass is 445 g/mol. The van der Waals surface area contributed by atoms with Crippen molar-refractivity contribution < 1.29 is 4.79 Å². The Hall–Kier alpha value is -2.95. The fourth-order valence-corrected chi connectivity index (χ4v) is 4.22. The average Bonchev–Trinajstić information content (AvgIpc) is 2.83. The lowest BCUT2D eigenvalue weighted by molar-refractivity contribution is 0.0955. The van der Waals surface area contributed by atoms with E-state index >= 15 is 0 Å². The Labute approximate surface area is 194 Å². The SMILES string of the molecule is O=C(N/N=C\c1ccc(Cl)cc1)c1ccc(CN2CCC(Cc3ccccc3)CC2)cc1. The molecule has 3 aromatic rings. The Morgan fingerprint density at radius 1 is 0.938 bits per heavy atom. The maximum absolute atomic E-state index is 12.3. The molecule has 164 valence electrons. The summed E-state index contributed by atoms with van der Waals surface area (Å²) < 4.78 is 0. The number of hydrogen-bond donors (Lipinski definition) is 1. The van der Waals surface area contributed by atoms with E-state index in [4.69, 9.17) is 11.6 Å². The highest BCUT2D eigenvalue weighted by Crippen LogP contribution is 2.23. The maximum atomic E-state index is 12.3. The summed E-state index contributed by atoms with van der Waals surface area (Å²) in [7, 11) is 0. The quantitative estimate of drug-likeness (QED) is 0.382. The van der Waals surface area contributed by atoms with Gasteiger partial charge in [-0.15, -0.1) is 0 Å². The molecule has 0 atom stereocenters. The molecule has 1 N–H and O–H groups in total. The molecule has 0 bridgehead atoms. The van der Waals surface area contributed by atoms with E-state index in [1.165, 1.54) is 30.4 Å². The molecule has 4 nitrogen and oxygen atoms in total. The van der Waals surface area contributed by atoms with Gasteiger partial charge in [-0.25, -0.2) is 5.43 Å². The highest BCUT2D eigenvalue weighted by atomic mass is 35.5. The summed E-state index contributed by atoms with van der Waals surface area (Å²) in [6.07, 6.45) is 5.25. The number of nitrogens with zero attached hydrogens (tertiary/aromatic N) is 2. The average molecular weight is 446 g/mol. The largest absolute Gasteiger partial charge is 0.299 e. The van der Waals surface area contributed by atoms with Crippen molar-refractivity contribution in [1.29, 1.82) is 0 Å². The van der Waals surface area contributed by atoms with Crippen LogP contribution >= 0.6 is 11.6 Å². The van der Waals surface area contributed by atoms with Gasteiger partial charge in [-0.1, -0.05) is 66.2 Å². The minimum absolute atomic E-state index is 0.219. The van der Waals surface area contributed by atoms with E-state index in [0.29, 0.717) is 10.6 Å². The van der Waals surface area contributed by atoms with Crippen LogP contribution < -0.4 is 5.43 Å². The van der Waals surface area contributed by atoms with Gasteiger partial charge in [0.05, 0.1) is 6.21 Å². The molecule has 1 fully saturated rings. The predicted octanol–water partition coefficient (Wildman–Crippen LogP) is 5.56. The molecule has 32 heavy (non-hydrogen) atoms. The van der Waals surface area contributed by atoms with Crippen LogP contribution in [0.25, 0.3) is 0 Å². The van der Waals surface area contributed by atoms with Crippen LogP contribution in [-0.4, -0.2) is 30.1 Å². The lowest BCUT2D eigenvalue weighted by Gasteiger charge is -2.32. The molecule has 1 heterocycles. The second-order valence-electron chi connectivity index (χ2n) is 8.36. The first-order valence-electron chi connectivity index (χ1n) is 11.1. The number of carbonyl (C=O) groups excluding carboxylic acids is 1. The number of hydrazone groups is 1. The lowest BCUT2D eigenvalue weighted by atomic mass is 9.90. The van der Waals surface area contributed by atoms with Gasteiger partial charge in [-0.2, -0.15) is 5.10 Å². The summed E-state index contributed by atoms with van der Waals surface area (Å²) in [5.41, 5.74) is 6.72. The Morgan fingerprint density at radius 3 is 2.31 bits per heavy atom. The number of benzene rings is 3. The Bertz CT molecular complexity index is 1020. The first-order valence-corrected chi connectivity index (χ1v) is 11.5. The van der Waals surface area contributed by atoms with Crippen molar-refractivity contribution >= 4 is 23.7 Å². The van der Waals surface area contributed by atoms with E-state index in [1.54, 1.807) is 18.3 Å². The second kappa shape index (κ2) is 11.1. The zero-order valence-corrected chi connectivity index (χ0v) is 18.8. The van der Waals surface area contributed by atoms with E-state index < -0.39 is 0 Å². The third-order valence-corrected chi connectivity index (χ3v) is 6.20. The highest BCUT2D eigenvalue weighted by molar-refractivity contribution is 6.30. The van der Waals surface area contributed by atoms with Crippen LogP contribution in [0.1, 0.15) is 39.9 Å². The standard InChI is InChI=1S/C27H28ClN3O/c28-26-12-8-23(9-13-26)19-29-30-27(32)25-10-6-24(7-11-25)20-31-16-14-22(15-17-31)18-21-4-2-1-3-5-21/h1-13,19,22H,14-18,20H2,(H,30,32)/b29-19-.